The van der Waals surface area contributed by atoms with E-state index >= 15 is 0 Å². The van der Waals surface area contributed by atoms with Gasteiger partial charge in [-0.3, -0.25) is 4.90 Å². The van der Waals surface area contributed by atoms with Crippen LogP contribution in [0.1, 0.15) is 6.92 Å². The summed E-state index contributed by atoms with van der Waals surface area (Å²) in [5.41, 5.74) is 0.912. The standard InChI is InChI=1S/C7H9NO2/c1-4-3-10-7(9)8-5(2)6(4)8/h4,6H,2-3H2,1H3/t4-,6+,8?/m1/s1. The zero-order chi connectivity index (χ0) is 7.30. The highest BCUT2D eigenvalue weighted by Crippen LogP contribution is 2.40. The first-order chi connectivity index (χ1) is 4.72. The van der Waals surface area contributed by atoms with Crippen LogP contribution in [-0.2, 0) is 4.74 Å². The van der Waals surface area contributed by atoms with Crippen molar-refractivity contribution >= 4 is 6.09 Å². The Labute approximate surface area is 59.3 Å². The molecule has 0 aliphatic carbocycles. The maximum Gasteiger partial charge on any atom is 0.414 e. The van der Waals surface area contributed by atoms with Crippen LogP contribution in [-0.4, -0.2) is 23.6 Å². The average Bonchev–Trinajstić information content (AvgIpc) is 2.55. The first-order valence-electron chi connectivity index (χ1n) is 3.36. The van der Waals surface area contributed by atoms with E-state index in [0.717, 1.165) is 5.70 Å². The summed E-state index contributed by atoms with van der Waals surface area (Å²) in [5.74, 6) is 0.421. The largest absolute Gasteiger partial charge is 0.449 e. The Bertz CT molecular complexity index is 212. The van der Waals surface area contributed by atoms with Gasteiger partial charge in [0.25, 0.3) is 0 Å². The molecule has 0 unspecified atom stereocenters. The number of cyclic esters (lactones) is 1. The Morgan fingerprint density at radius 2 is 2.50 bits per heavy atom. The fourth-order valence-corrected chi connectivity index (χ4v) is 1.43. The summed E-state index contributed by atoms with van der Waals surface area (Å²) in [6.07, 6.45) is -0.229. The third-order valence-electron chi connectivity index (χ3n) is 2.07. The van der Waals surface area contributed by atoms with Gasteiger partial charge in [-0.15, -0.1) is 0 Å². The number of nitrogens with zero attached hydrogens (tertiary/aromatic N) is 1. The molecule has 1 amide bonds. The summed E-state index contributed by atoms with van der Waals surface area (Å²) in [7, 11) is 0. The van der Waals surface area contributed by atoms with Gasteiger partial charge in [-0.05, 0) is 0 Å². The highest BCUT2D eigenvalue weighted by molar-refractivity contribution is 5.77. The molecule has 2 atom stereocenters. The number of amides is 1. The molecule has 2 heterocycles. The molecule has 54 valence electrons. The van der Waals surface area contributed by atoms with Gasteiger partial charge in [-0.25, -0.2) is 4.79 Å². The quantitative estimate of drug-likeness (QED) is 0.468. The number of fused-ring (bicyclic) bond motifs is 1. The lowest BCUT2D eigenvalue weighted by molar-refractivity contribution is 0.0882. The molecule has 0 saturated carbocycles. The number of carbonyl (C=O) groups excluding carboxylic acids is 1. The number of hydrogen-bond acceptors (Lipinski definition) is 2. The van der Waals surface area contributed by atoms with Gasteiger partial charge in [0.15, 0.2) is 0 Å². The minimum Gasteiger partial charge on any atom is -0.449 e. The SMILES string of the molecule is C=C1[C@@H]2[C@H](C)COC(=O)N12. The van der Waals surface area contributed by atoms with Crippen LogP contribution in [0.25, 0.3) is 0 Å². The highest BCUT2D eigenvalue weighted by atomic mass is 16.6. The van der Waals surface area contributed by atoms with Crippen LogP contribution >= 0.6 is 0 Å². The van der Waals surface area contributed by atoms with Crippen LogP contribution in [0.15, 0.2) is 12.3 Å². The molecule has 0 aromatic rings. The molecular weight excluding hydrogens is 130 g/mol. The molecule has 0 aromatic heterocycles. The maximum atomic E-state index is 10.8. The van der Waals surface area contributed by atoms with Crippen LogP contribution in [0.5, 0.6) is 0 Å². The molecule has 3 heteroatoms. The van der Waals surface area contributed by atoms with Crippen LogP contribution in [0.2, 0.25) is 0 Å². The molecule has 0 N–H and O–H groups in total. The van der Waals surface area contributed by atoms with Gasteiger partial charge < -0.3 is 4.74 Å². The van der Waals surface area contributed by atoms with Gasteiger partial charge in [0.2, 0.25) is 0 Å². The lowest BCUT2D eigenvalue weighted by atomic mass is 10.1. The van der Waals surface area contributed by atoms with E-state index in [-0.39, 0.29) is 12.1 Å². The molecule has 0 radical (unpaired) electrons. The summed E-state index contributed by atoms with van der Waals surface area (Å²) in [6, 6.07) is 0.279. The van der Waals surface area contributed by atoms with Crippen molar-refractivity contribution in [2.24, 2.45) is 5.92 Å². The number of ether oxygens (including phenoxy) is 1. The molecule has 2 saturated heterocycles. The minimum absolute atomic E-state index is 0.229. The van der Waals surface area contributed by atoms with Gasteiger partial charge >= 0.3 is 6.09 Å². The Balaban J connectivity index is 2.20. The van der Waals surface area contributed by atoms with Crippen molar-refractivity contribution in [2.45, 2.75) is 13.0 Å². The van der Waals surface area contributed by atoms with Gasteiger partial charge in [0, 0.05) is 11.6 Å². The smallest absolute Gasteiger partial charge is 0.414 e. The fourth-order valence-electron chi connectivity index (χ4n) is 1.43. The van der Waals surface area contributed by atoms with Crippen molar-refractivity contribution in [2.75, 3.05) is 6.61 Å². The normalized spacial score (nSPS) is 37.1. The maximum absolute atomic E-state index is 10.8. The summed E-state index contributed by atoms with van der Waals surface area (Å²) in [4.78, 5) is 12.4. The lowest BCUT2D eigenvalue weighted by Gasteiger charge is -2.16. The van der Waals surface area contributed by atoms with Gasteiger partial charge in [-0.2, -0.15) is 0 Å². The van der Waals surface area contributed by atoms with Crippen LogP contribution in [0, 0.1) is 5.92 Å². The van der Waals surface area contributed by atoms with E-state index in [0.29, 0.717) is 12.5 Å². The molecule has 10 heavy (non-hydrogen) atoms. The highest BCUT2D eigenvalue weighted by Gasteiger charge is 2.51. The van der Waals surface area contributed by atoms with Crippen LogP contribution < -0.4 is 0 Å². The van der Waals surface area contributed by atoms with Crippen molar-refractivity contribution in [3.8, 4) is 0 Å². The molecule has 2 aliphatic heterocycles. The van der Waals surface area contributed by atoms with E-state index in [2.05, 4.69) is 13.5 Å². The fraction of sp³-hybridized carbons (Fsp3) is 0.571. The van der Waals surface area contributed by atoms with Crippen LogP contribution in [0.3, 0.4) is 0 Å². The third kappa shape index (κ3) is 0.523. The molecule has 0 spiro atoms. The third-order valence-corrected chi connectivity index (χ3v) is 2.07. The first kappa shape index (κ1) is 5.77. The number of carbonyl (C=O) groups is 1. The average molecular weight is 139 g/mol. The number of hydrogen-bond donors (Lipinski definition) is 0. The van der Waals surface area contributed by atoms with E-state index in [1.807, 2.05) is 0 Å². The molecule has 2 fully saturated rings. The van der Waals surface area contributed by atoms with Gasteiger partial charge in [-0.1, -0.05) is 13.5 Å². The summed E-state index contributed by atoms with van der Waals surface area (Å²) in [5, 5.41) is 0. The first-order valence-corrected chi connectivity index (χ1v) is 3.36. The second kappa shape index (κ2) is 1.54. The zero-order valence-corrected chi connectivity index (χ0v) is 5.83. The van der Waals surface area contributed by atoms with Gasteiger partial charge in [0.1, 0.15) is 0 Å². The Hall–Kier alpha value is -0.990. The second-order valence-corrected chi connectivity index (χ2v) is 2.86. The second-order valence-electron chi connectivity index (χ2n) is 2.86. The monoisotopic (exact) mass is 139 g/mol. The summed E-state index contributed by atoms with van der Waals surface area (Å²) in [6.45, 7) is 6.34. The van der Waals surface area contributed by atoms with E-state index < -0.39 is 0 Å². The predicted molar refractivity (Wildman–Crippen MR) is 35.3 cm³/mol. The lowest BCUT2D eigenvalue weighted by Crippen LogP contribution is -2.28. The summed E-state index contributed by atoms with van der Waals surface area (Å²) >= 11 is 0. The van der Waals surface area contributed by atoms with Crippen molar-refractivity contribution in [3.05, 3.63) is 12.3 Å². The molecule has 2 rings (SSSR count). The zero-order valence-electron chi connectivity index (χ0n) is 5.83. The minimum atomic E-state index is -0.229. The predicted octanol–water partition coefficient (Wildman–Crippen LogP) is 0.971. The Morgan fingerprint density at radius 3 is 3.10 bits per heavy atom. The van der Waals surface area contributed by atoms with Crippen molar-refractivity contribution in [3.63, 3.8) is 0 Å². The van der Waals surface area contributed by atoms with E-state index in [1.54, 1.807) is 4.90 Å². The molecular formula is C7H9NO2. The van der Waals surface area contributed by atoms with Crippen molar-refractivity contribution in [1.29, 1.82) is 0 Å². The Kier molecular flexibility index (Phi) is 0.886. The number of rotatable bonds is 0. The van der Waals surface area contributed by atoms with E-state index in [1.165, 1.54) is 0 Å². The van der Waals surface area contributed by atoms with E-state index in [4.69, 9.17) is 4.74 Å². The van der Waals surface area contributed by atoms with Crippen molar-refractivity contribution < 1.29 is 9.53 Å². The molecule has 2 aliphatic rings. The van der Waals surface area contributed by atoms with Crippen LogP contribution in [0.4, 0.5) is 4.79 Å². The van der Waals surface area contributed by atoms with Crippen molar-refractivity contribution in [1.82, 2.24) is 4.90 Å². The molecule has 0 aromatic carbocycles. The van der Waals surface area contributed by atoms with E-state index in [9.17, 15) is 4.79 Å². The Morgan fingerprint density at radius 1 is 1.80 bits per heavy atom. The summed E-state index contributed by atoms with van der Waals surface area (Å²) < 4.78 is 4.84. The van der Waals surface area contributed by atoms with Gasteiger partial charge in [0.05, 0.1) is 12.6 Å². The molecule has 0 bridgehead atoms. The molecule has 3 nitrogen and oxygen atoms in total. The topological polar surface area (TPSA) is 29.3 Å².